The number of carbonyl (C=O) groups is 1. The molecule has 0 heterocycles. The van der Waals surface area contributed by atoms with Crippen LogP contribution < -0.4 is 10.6 Å². The van der Waals surface area contributed by atoms with Gasteiger partial charge in [-0.2, -0.15) is 0 Å². The minimum absolute atomic E-state index is 0.0323. The van der Waals surface area contributed by atoms with Crippen LogP contribution in [0.4, 0.5) is 0 Å². The second-order valence-corrected chi connectivity index (χ2v) is 5.82. The summed E-state index contributed by atoms with van der Waals surface area (Å²) in [6.45, 7) is 7.71. The standard InChI is InChI=1S/C16H32N2O2/c1-4-11-17-14-7-9-15(10-8-14)20-12-16(19)18-13(5-2)6-3/h13-15,17H,4-12H2,1-3H3,(H,18,19). The molecule has 0 bridgehead atoms. The van der Waals surface area contributed by atoms with Crippen molar-refractivity contribution in [2.75, 3.05) is 13.2 Å². The molecule has 0 aliphatic heterocycles. The summed E-state index contributed by atoms with van der Waals surface area (Å²) in [6, 6.07) is 0.938. The van der Waals surface area contributed by atoms with Gasteiger partial charge in [0.15, 0.2) is 0 Å². The van der Waals surface area contributed by atoms with Crippen LogP contribution in [0.3, 0.4) is 0 Å². The van der Waals surface area contributed by atoms with Gasteiger partial charge in [-0.3, -0.25) is 4.79 Å². The molecule has 118 valence electrons. The molecule has 4 heteroatoms. The zero-order valence-corrected chi connectivity index (χ0v) is 13.4. The van der Waals surface area contributed by atoms with Gasteiger partial charge < -0.3 is 15.4 Å². The van der Waals surface area contributed by atoms with Gasteiger partial charge in [0.2, 0.25) is 5.91 Å². The monoisotopic (exact) mass is 284 g/mol. The van der Waals surface area contributed by atoms with Gasteiger partial charge in [-0.05, 0) is 51.5 Å². The molecule has 1 aliphatic rings. The quantitative estimate of drug-likeness (QED) is 0.684. The molecule has 0 aromatic carbocycles. The van der Waals surface area contributed by atoms with Crippen molar-refractivity contribution in [3.05, 3.63) is 0 Å². The molecule has 20 heavy (non-hydrogen) atoms. The highest BCUT2D eigenvalue weighted by Crippen LogP contribution is 2.21. The van der Waals surface area contributed by atoms with Crippen molar-refractivity contribution in [2.45, 2.75) is 83.9 Å². The van der Waals surface area contributed by atoms with Crippen molar-refractivity contribution in [1.82, 2.24) is 10.6 Å². The molecule has 0 aromatic rings. The van der Waals surface area contributed by atoms with Gasteiger partial charge >= 0.3 is 0 Å². The van der Waals surface area contributed by atoms with Crippen LogP contribution in [0.25, 0.3) is 0 Å². The molecule has 1 rings (SSSR count). The second-order valence-electron chi connectivity index (χ2n) is 5.82. The fraction of sp³-hybridized carbons (Fsp3) is 0.938. The van der Waals surface area contributed by atoms with E-state index in [-0.39, 0.29) is 18.6 Å². The first-order chi connectivity index (χ1) is 9.69. The molecule has 1 aliphatic carbocycles. The van der Waals surface area contributed by atoms with E-state index in [1.54, 1.807) is 0 Å². The van der Waals surface area contributed by atoms with Crippen molar-refractivity contribution in [2.24, 2.45) is 0 Å². The molecule has 0 spiro atoms. The maximum absolute atomic E-state index is 11.8. The lowest BCUT2D eigenvalue weighted by Crippen LogP contribution is -2.39. The summed E-state index contributed by atoms with van der Waals surface area (Å²) >= 11 is 0. The Morgan fingerprint density at radius 3 is 2.35 bits per heavy atom. The fourth-order valence-corrected chi connectivity index (χ4v) is 2.74. The largest absolute Gasteiger partial charge is 0.368 e. The summed E-state index contributed by atoms with van der Waals surface area (Å²) < 4.78 is 5.75. The summed E-state index contributed by atoms with van der Waals surface area (Å²) in [5, 5.41) is 6.58. The van der Waals surface area contributed by atoms with Crippen LogP contribution in [0.2, 0.25) is 0 Å². The second kappa shape index (κ2) is 10.2. The highest BCUT2D eigenvalue weighted by molar-refractivity contribution is 5.77. The van der Waals surface area contributed by atoms with E-state index in [2.05, 4.69) is 31.4 Å². The third kappa shape index (κ3) is 6.71. The molecule has 1 amide bonds. The Bertz CT molecular complexity index is 259. The highest BCUT2D eigenvalue weighted by Gasteiger charge is 2.21. The Labute approximate surface area is 124 Å². The van der Waals surface area contributed by atoms with Crippen LogP contribution in [0.1, 0.15) is 65.7 Å². The van der Waals surface area contributed by atoms with Gasteiger partial charge in [-0.15, -0.1) is 0 Å². The molecule has 0 radical (unpaired) electrons. The first-order valence-electron chi connectivity index (χ1n) is 8.33. The predicted octanol–water partition coefficient (Wildman–Crippen LogP) is 2.62. The van der Waals surface area contributed by atoms with Crippen LogP contribution in [-0.4, -0.2) is 37.2 Å². The van der Waals surface area contributed by atoms with E-state index in [1.165, 1.54) is 19.3 Å². The number of nitrogens with one attached hydrogen (secondary N) is 2. The summed E-state index contributed by atoms with van der Waals surface area (Å²) in [5.74, 6) is 0.0323. The maximum Gasteiger partial charge on any atom is 0.246 e. The van der Waals surface area contributed by atoms with E-state index in [1.807, 2.05) is 0 Å². The molecule has 0 saturated heterocycles. The average molecular weight is 284 g/mol. The lowest BCUT2D eigenvalue weighted by atomic mass is 9.93. The minimum atomic E-state index is 0.0323. The van der Waals surface area contributed by atoms with E-state index in [0.717, 1.165) is 32.2 Å². The lowest BCUT2D eigenvalue weighted by Gasteiger charge is -2.29. The summed E-state index contributed by atoms with van der Waals surface area (Å²) in [7, 11) is 0. The Kier molecular flexibility index (Phi) is 8.86. The molecule has 1 saturated carbocycles. The summed E-state index contributed by atoms with van der Waals surface area (Å²) in [4.78, 5) is 11.8. The van der Waals surface area contributed by atoms with Crippen molar-refractivity contribution in [3.8, 4) is 0 Å². The van der Waals surface area contributed by atoms with Crippen molar-refractivity contribution in [1.29, 1.82) is 0 Å². The van der Waals surface area contributed by atoms with E-state index in [0.29, 0.717) is 12.1 Å². The highest BCUT2D eigenvalue weighted by atomic mass is 16.5. The number of ether oxygens (including phenoxy) is 1. The zero-order valence-electron chi connectivity index (χ0n) is 13.4. The smallest absolute Gasteiger partial charge is 0.246 e. The topological polar surface area (TPSA) is 50.4 Å². The third-order valence-electron chi connectivity index (χ3n) is 4.16. The molecular weight excluding hydrogens is 252 g/mol. The van der Waals surface area contributed by atoms with Crippen LogP contribution in [0.5, 0.6) is 0 Å². The van der Waals surface area contributed by atoms with Gasteiger partial charge in [-0.1, -0.05) is 20.8 Å². The predicted molar refractivity (Wildman–Crippen MR) is 82.8 cm³/mol. The van der Waals surface area contributed by atoms with Crippen LogP contribution in [-0.2, 0) is 9.53 Å². The van der Waals surface area contributed by atoms with Crippen LogP contribution >= 0.6 is 0 Å². The number of carbonyl (C=O) groups excluding carboxylic acids is 1. The molecule has 1 fully saturated rings. The van der Waals surface area contributed by atoms with E-state index >= 15 is 0 Å². The molecule has 0 unspecified atom stereocenters. The molecule has 0 aromatic heterocycles. The Morgan fingerprint density at radius 1 is 1.15 bits per heavy atom. The number of amides is 1. The van der Waals surface area contributed by atoms with Gasteiger partial charge in [0, 0.05) is 12.1 Å². The fourth-order valence-electron chi connectivity index (χ4n) is 2.74. The van der Waals surface area contributed by atoms with Crippen LogP contribution in [0, 0.1) is 0 Å². The zero-order chi connectivity index (χ0) is 14.8. The maximum atomic E-state index is 11.8. The number of hydrogen-bond acceptors (Lipinski definition) is 3. The van der Waals surface area contributed by atoms with Gasteiger partial charge in [0.25, 0.3) is 0 Å². The van der Waals surface area contributed by atoms with Gasteiger partial charge in [0.05, 0.1) is 6.10 Å². The molecular formula is C16H32N2O2. The Hall–Kier alpha value is -0.610. The van der Waals surface area contributed by atoms with E-state index in [4.69, 9.17) is 4.74 Å². The van der Waals surface area contributed by atoms with Crippen LogP contribution in [0.15, 0.2) is 0 Å². The van der Waals surface area contributed by atoms with Gasteiger partial charge in [0.1, 0.15) is 6.61 Å². The SMILES string of the molecule is CCCNC1CCC(OCC(=O)NC(CC)CC)CC1. The summed E-state index contributed by atoms with van der Waals surface area (Å²) in [5.41, 5.74) is 0. The lowest BCUT2D eigenvalue weighted by molar-refractivity contribution is -0.129. The molecule has 2 N–H and O–H groups in total. The van der Waals surface area contributed by atoms with Crippen molar-refractivity contribution >= 4 is 5.91 Å². The third-order valence-corrected chi connectivity index (χ3v) is 4.16. The summed E-state index contributed by atoms with van der Waals surface area (Å²) in [6.07, 6.45) is 7.89. The average Bonchev–Trinajstić information content (AvgIpc) is 2.49. The van der Waals surface area contributed by atoms with E-state index < -0.39 is 0 Å². The Morgan fingerprint density at radius 2 is 1.80 bits per heavy atom. The molecule has 0 atom stereocenters. The first-order valence-corrected chi connectivity index (χ1v) is 8.33. The van der Waals surface area contributed by atoms with Crippen molar-refractivity contribution in [3.63, 3.8) is 0 Å². The molecule has 4 nitrogen and oxygen atoms in total. The number of hydrogen-bond donors (Lipinski definition) is 2. The Balaban J connectivity index is 2.13. The normalized spacial score (nSPS) is 23.0. The van der Waals surface area contributed by atoms with Gasteiger partial charge in [-0.25, -0.2) is 0 Å². The van der Waals surface area contributed by atoms with E-state index in [9.17, 15) is 4.79 Å². The first kappa shape index (κ1) is 17.4. The van der Waals surface area contributed by atoms with Crippen molar-refractivity contribution < 1.29 is 9.53 Å². The minimum Gasteiger partial charge on any atom is -0.368 e. The number of rotatable bonds is 9.